The molecule has 21 heavy (non-hydrogen) atoms. The molecule has 0 aliphatic rings. The highest BCUT2D eigenvalue weighted by molar-refractivity contribution is 5.76. The van der Waals surface area contributed by atoms with Crippen LogP contribution in [0.1, 0.15) is 6.42 Å². The van der Waals surface area contributed by atoms with Crippen LogP contribution in [0.25, 0.3) is 5.95 Å². The number of carbonyl (C=O) groups is 1. The van der Waals surface area contributed by atoms with Gasteiger partial charge in [0.05, 0.1) is 0 Å². The van der Waals surface area contributed by atoms with E-state index < -0.39 is 0 Å². The molecular formula is C11H17N9O. The van der Waals surface area contributed by atoms with Gasteiger partial charge in [0, 0.05) is 39.5 Å². The monoisotopic (exact) mass is 291 g/mol. The maximum absolute atomic E-state index is 11.3. The fourth-order valence-electron chi connectivity index (χ4n) is 1.58. The molecule has 0 aliphatic carbocycles. The summed E-state index contributed by atoms with van der Waals surface area (Å²) >= 11 is 0. The summed E-state index contributed by atoms with van der Waals surface area (Å²) in [6.07, 6.45) is 5.24. The lowest BCUT2D eigenvalue weighted by molar-refractivity contribution is -0.120. The minimum Gasteiger partial charge on any atom is -0.359 e. The second-order valence-corrected chi connectivity index (χ2v) is 4.22. The number of imidazole rings is 1. The summed E-state index contributed by atoms with van der Waals surface area (Å²) in [6, 6.07) is 0. The number of nitrogen functional groups attached to an aromatic ring is 1. The Morgan fingerprint density at radius 1 is 1.43 bits per heavy atom. The molecule has 2 rings (SSSR count). The van der Waals surface area contributed by atoms with Gasteiger partial charge in [-0.1, -0.05) is 0 Å². The number of hydrogen-bond donors (Lipinski definition) is 3. The standard InChI is InChI=1S/C11H17N9O/c1-13-8(21)3-5-19(2)10-15-9(18-12)16-11(17-10)20-6-4-14-7-20/h4,6-7H,3,5,12H2,1-2H3,(H,13,21)(H,15,16,17,18). The first kappa shape index (κ1) is 14.7. The Morgan fingerprint density at radius 3 is 2.86 bits per heavy atom. The maximum atomic E-state index is 11.3. The predicted molar refractivity (Wildman–Crippen MR) is 76.7 cm³/mol. The third-order valence-corrected chi connectivity index (χ3v) is 2.77. The third kappa shape index (κ3) is 3.63. The van der Waals surface area contributed by atoms with Gasteiger partial charge in [-0.05, 0) is 0 Å². The largest absolute Gasteiger partial charge is 0.359 e. The first-order valence-corrected chi connectivity index (χ1v) is 6.26. The molecule has 0 bridgehead atoms. The minimum atomic E-state index is -0.0529. The van der Waals surface area contributed by atoms with Crippen molar-refractivity contribution in [3.8, 4) is 5.95 Å². The molecule has 10 heteroatoms. The molecule has 2 aromatic rings. The summed E-state index contributed by atoms with van der Waals surface area (Å²) in [4.78, 5) is 29.6. The van der Waals surface area contributed by atoms with Crippen molar-refractivity contribution in [3.05, 3.63) is 18.7 Å². The molecule has 0 radical (unpaired) electrons. The lowest BCUT2D eigenvalue weighted by atomic mass is 10.4. The molecule has 0 atom stereocenters. The zero-order valence-electron chi connectivity index (χ0n) is 11.8. The van der Waals surface area contributed by atoms with Crippen molar-refractivity contribution in [1.29, 1.82) is 0 Å². The summed E-state index contributed by atoms with van der Waals surface area (Å²) in [5.41, 5.74) is 2.40. The average molecular weight is 291 g/mol. The Balaban J connectivity index is 2.22. The summed E-state index contributed by atoms with van der Waals surface area (Å²) < 4.78 is 1.64. The van der Waals surface area contributed by atoms with E-state index in [0.717, 1.165) is 0 Å². The predicted octanol–water partition coefficient (Wildman–Crippen LogP) is -1.08. The van der Waals surface area contributed by atoms with Gasteiger partial charge in [0.15, 0.2) is 0 Å². The summed E-state index contributed by atoms with van der Waals surface area (Å²) in [5, 5.41) is 2.56. The van der Waals surface area contributed by atoms with Gasteiger partial charge in [-0.25, -0.2) is 10.8 Å². The highest BCUT2D eigenvalue weighted by Gasteiger charge is 2.12. The lowest BCUT2D eigenvalue weighted by Crippen LogP contribution is -2.28. The van der Waals surface area contributed by atoms with Crippen LogP contribution in [0.3, 0.4) is 0 Å². The van der Waals surface area contributed by atoms with Crippen LogP contribution in [0.5, 0.6) is 0 Å². The molecular weight excluding hydrogens is 274 g/mol. The molecule has 2 heterocycles. The van der Waals surface area contributed by atoms with Gasteiger partial charge >= 0.3 is 0 Å². The molecule has 0 aliphatic heterocycles. The van der Waals surface area contributed by atoms with Gasteiger partial charge in [0.2, 0.25) is 23.8 Å². The van der Waals surface area contributed by atoms with E-state index in [9.17, 15) is 4.79 Å². The van der Waals surface area contributed by atoms with Gasteiger partial charge in [-0.3, -0.25) is 14.8 Å². The second kappa shape index (κ2) is 6.61. The van der Waals surface area contributed by atoms with Gasteiger partial charge < -0.3 is 10.2 Å². The minimum absolute atomic E-state index is 0.0529. The summed E-state index contributed by atoms with van der Waals surface area (Å²) in [7, 11) is 3.38. The summed E-state index contributed by atoms with van der Waals surface area (Å²) in [6.45, 7) is 0.469. The number of nitrogens with two attached hydrogens (primary N) is 1. The molecule has 0 saturated carbocycles. The summed E-state index contributed by atoms with van der Waals surface area (Å²) in [5.74, 6) is 6.35. The molecule has 0 fully saturated rings. The van der Waals surface area contributed by atoms with Crippen molar-refractivity contribution >= 4 is 17.8 Å². The number of nitrogens with one attached hydrogen (secondary N) is 2. The van der Waals surface area contributed by atoms with Crippen LogP contribution in [0.2, 0.25) is 0 Å². The van der Waals surface area contributed by atoms with E-state index in [1.807, 2.05) is 0 Å². The third-order valence-electron chi connectivity index (χ3n) is 2.77. The Morgan fingerprint density at radius 2 is 2.24 bits per heavy atom. The Kier molecular flexibility index (Phi) is 4.61. The normalized spacial score (nSPS) is 10.2. The van der Waals surface area contributed by atoms with Crippen LogP contribution in [0.4, 0.5) is 11.9 Å². The Bertz CT molecular complexity index is 598. The molecule has 0 unspecified atom stereocenters. The van der Waals surface area contributed by atoms with Gasteiger partial charge in [0.25, 0.3) is 0 Å². The van der Waals surface area contributed by atoms with E-state index in [1.165, 1.54) is 0 Å². The molecule has 0 aromatic carbocycles. The number of nitrogens with zero attached hydrogens (tertiary/aromatic N) is 6. The first-order chi connectivity index (χ1) is 10.1. The van der Waals surface area contributed by atoms with Crippen LogP contribution >= 0.6 is 0 Å². The number of aromatic nitrogens is 5. The van der Waals surface area contributed by atoms with E-state index in [1.54, 1.807) is 42.3 Å². The van der Waals surface area contributed by atoms with Gasteiger partial charge in [-0.15, -0.1) is 0 Å². The molecule has 0 saturated heterocycles. The fourth-order valence-corrected chi connectivity index (χ4v) is 1.58. The van der Waals surface area contributed by atoms with Crippen LogP contribution in [0, 0.1) is 0 Å². The number of rotatable bonds is 6. The van der Waals surface area contributed by atoms with E-state index in [4.69, 9.17) is 5.84 Å². The number of hydrogen-bond acceptors (Lipinski definition) is 8. The van der Waals surface area contributed by atoms with E-state index in [-0.39, 0.29) is 11.9 Å². The van der Waals surface area contributed by atoms with Crippen molar-refractivity contribution in [2.24, 2.45) is 5.84 Å². The molecule has 112 valence electrons. The van der Waals surface area contributed by atoms with Crippen molar-refractivity contribution < 1.29 is 4.79 Å². The number of hydrazine groups is 1. The quantitative estimate of drug-likeness (QED) is 0.453. The van der Waals surface area contributed by atoms with E-state index >= 15 is 0 Å². The average Bonchev–Trinajstić information content (AvgIpc) is 3.06. The van der Waals surface area contributed by atoms with E-state index in [0.29, 0.717) is 24.9 Å². The van der Waals surface area contributed by atoms with Crippen LogP contribution < -0.4 is 21.5 Å². The van der Waals surface area contributed by atoms with Crippen LogP contribution in [-0.2, 0) is 4.79 Å². The smallest absolute Gasteiger partial charge is 0.243 e. The van der Waals surface area contributed by atoms with Crippen LogP contribution in [-0.4, -0.2) is 51.1 Å². The van der Waals surface area contributed by atoms with Gasteiger partial charge in [-0.2, -0.15) is 15.0 Å². The topological polar surface area (TPSA) is 127 Å². The number of carbonyl (C=O) groups excluding carboxylic acids is 1. The number of amides is 1. The van der Waals surface area contributed by atoms with Crippen molar-refractivity contribution in [1.82, 2.24) is 29.8 Å². The van der Waals surface area contributed by atoms with Crippen molar-refractivity contribution in [2.75, 3.05) is 31.0 Å². The molecule has 2 aromatic heterocycles. The van der Waals surface area contributed by atoms with Crippen LogP contribution in [0.15, 0.2) is 18.7 Å². The van der Waals surface area contributed by atoms with E-state index in [2.05, 4.69) is 30.7 Å². The van der Waals surface area contributed by atoms with Gasteiger partial charge in [0.1, 0.15) is 6.33 Å². The maximum Gasteiger partial charge on any atom is 0.243 e. The zero-order chi connectivity index (χ0) is 15.2. The first-order valence-electron chi connectivity index (χ1n) is 6.26. The van der Waals surface area contributed by atoms with Crippen molar-refractivity contribution in [3.63, 3.8) is 0 Å². The fraction of sp³-hybridized carbons (Fsp3) is 0.364. The highest BCUT2D eigenvalue weighted by atomic mass is 16.1. The Labute approximate surface area is 121 Å². The molecule has 0 spiro atoms. The second-order valence-electron chi connectivity index (χ2n) is 4.22. The SMILES string of the molecule is CNC(=O)CCN(C)c1nc(NN)nc(-n2ccnc2)n1. The van der Waals surface area contributed by atoms with Crippen molar-refractivity contribution in [2.45, 2.75) is 6.42 Å². The lowest BCUT2D eigenvalue weighted by Gasteiger charge is -2.17. The molecule has 4 N–H and O–H groups in total. The number of anilines is 2. The zero-order valence-corrected chi connectivity index (χ0v) is 11.8. The molecule has 10 nitrogen and oxygen atoms in total. The molecule has 1 amide bonds. The Hall–Kier alpha value is -2.75. The highest BCUT2D eigenvalue weighted by Crippen LogP contribution is 2.11.